The lowest BCUT2D eigenvalue weighted by Crippen LogP contribution is -2.42. The van der Waals surface area contributed by atoms with Gasteiger partial charge in [-0.2, -0.15) is 10.2 Å². The maximum Gasteiger partial charge on any atom is 0.216 e. The van der Waals surface area contributed by atoms with Crippen LogP contribution in [0.15, 0.2) is 24.7 Å². The van der Waals surface area contributed by atoms with E-state index >= 15 is 0 Å². The van der Waals surface area contributed by atoms with Crippen molar-refractivity contribution in [2.75, 3.05) is 38.9 Å². The molecule has 188 valence electrons. The number of anilines is 1. The molecule has 1 saturated carbocycles. The Hall–Kier alpha value is -2.87. The number of hydrogen-bond donors (Lipinski definition) is 2. The zero-order chi connectivity index (χ0) is 24.5. The van der Waals surface area contributed by atoms with Crippen LogP contribution in [0.4, 0.5) is 5.82 Å². The molecule has 2 aromatic heterocycles. The first-order valence-electron chi connectivity index (χ1n) is 12.4. The molecule has 0 aromatic carbocycles. The Morgan fingerprint density at radius 2 is 1.94 bits per heavy atom. The molecule has 2 aliphatic rings. The number of aromatic nitrogens is 4. The zero-order valence-corrected chi connectivity index (χ0v) is 20.6. The summed E-state index contributed by atoms with van der Waals surface area (Å²) in [5.74, 6) is 1.66. The molecule has 0 bridgehead atoms. The van der Waals surface area contributed by atoms with E-state index in [4.69, 9.17) is 14.2 Å². The van der Waals surface area contributed by atoms with Crippen LogP contribution in [-0.2, 0) is 9.47 Å². The van der Waals surface area contributed by atoms with Gasteiger partial charge in [0, 0.05) is 56.8 Å². The first-order valence-corrected chi connectivity index (χ1v) is 12.4. The first-order chi connectivity index (χ1) is 17.1. The van der Waals surface area contributed by atoms with Crippen LogP contribution in [0.3, 0.4) is 0 Å². The third-order valence-corrected chi connectivity index (χ3v) is 6.73. The predicted octanol–water partition coefficient (Wildman–Crippen LogP) is 2.98. The molecular formula is C25H35N7O3. The number of ether oxygens (including phenoxy) is 3. The van der Waals surface area contributed by atoms with Crippen molar-refractivity contribution >= 4 is 5.82 Å². The maximum atomic E-state index is 9.64. The topological polar surface area (TPSA) is 127 Å². The minimum absolute atomic E-state index is 0.279. The molecule has 10 nitrogen and oxygen atoms in total. The second-order valence-corrected chi connectivity index (χ2v) is 9.52. The van der Waals surface area contributed by atoms with Crippen LogP contribution in [0.25, 0.3) is 11.5 Å². The van der Waals surface area contributed by atoms with Crippen molar-refractivity contribution in [2.24, 2.45) is 5.41 Å². The lowest BCUT2D eigenvalue weighted by Gasteiger charge is -2.31. The molecule has 0 spiro atoms. The summed E-state index contributed by atoms with van der Waals surface area (Å²) >= 11 is 0. The summed E-state index contributed by atoms with van der Waals surface area (Å²) in [6.07, 6.45) is 8.87. The van der Waals surface area contributed by atoms with Crippen LogP contribution in [0, 0.1) is 16.7 Å². The SMILES string of the molecule is COC[C@H](C)NC1CCC(Nc2cc(-c3nccc(OCC4(C#N)CCOCC4)n3)ncn2)CC1. The molecule has 3 heterocycles. The number of rotatable bonds is 10. The second-order valence-electron chi connectivity index (χ2n) is 9.52. The monoisotopic (exact) mass is 481 g/mol. The molecule has 1 atom stereocenters. The van der Waals surface area contributed by atoms with Gasteiger partial charge >= 0.3 is 0 Å². The van der Waals surface area contributed by atoms with Crippen molar-refractivity contribution in [3.8, 4) is 23.5 Å². The normalized spacial score (nSPS) is 22.7. The van der Waals surface area contributed by atoms with E-state index in [9.17, 15) is 5.26 Å². The highest BCUT2D eigenvalue weighted by Crippen LogP contribution is 2.30. The smallest absolute Gasteiger partial charge is 0.216 e. The Balaban J connectivity index is 1.33. The second kappa shape index (κ2) is 12.2. The van der Waals surface area contributed by atoms with Gasteiger partial charge in [-0.05, 0) is 45.4 Å². The van der Waals surface area contributed by atoms with Gasteiger partial charge in [-0.25, -0.2) is 15.0 Å². The number of hydrogen-bond acceptors (Lipinski definition) is 10. The molecule has 1 aliphatic carbocycles. The Kier molecular flexibility index (Phi) is 8.79. The first kappa shape index (κ1) is 25.2. The highest BCUT2D eigenvalue weighted by Gasteiger charge is 2.34. The van der Waals surface area contributed by atoms with Gasteiger partial charge in [-0.3, -0.25) is 0 Å². The van der Waals surface area contributed by atoms with Gasteiger partial charge in [0.15, 0.2) is 5.82 Å². The summed E-state index contributed by atoms with van der Waals surface area (Å²) in [4.78, 5) is 17.7. The van der Waals surface area contributed by atoms with Crippen molar-refractivity contribution < 1.29 is 14.2 Å². The maximum absolute atomic E-state index is 9.64. The van der Waals surface area contributed by atoms with E-state index < -0.39 is 5.41 Å². The largest absolute Gasteiger partial charge is 0.476 e. The summed E-state index contributed by atoms with van der Waals surface area (Å²) in [5, 5.41) is 16.8. The summed E-state index contributed by atoms with van der Waals surface area (Å²) in [6.45, 7) is 4.32. The molecule has 1 aliphatic heterocycles. The van der Waals surface area contributed by atoms with Crippen LogP contribution in [0.5, 0.6) is 5.88 Å². The predicted molar refractivity (Wildman–Crippen MR) is 131 cm³/mol. The Bertz CT molecular complexity index is 985. The van der Waals surface area contributed by atoms with E-state index in [-0.39, 0.29) is 6.61 Å². The molecule has 35 heavy (non-hydrogen) atoms. The molecule has 1 saturated heterocycles. The fourth-order valence-corrected chi connectivity index (χ4v) is 4.68. The molecule has 0 radical (unpaired) electrons. The van der Waals surface area contributed by atoms with E-state index in [1.807, 2.05) is 6.07 Å². The van der Waals surface area contributed by atoms with Gasteiger partial charge < -0.3 is 24.8 Å². The van der Waals surface area contributed by atoms with E-state index in [2.05, 4.69) is 43.6 Å². The molecule has 10 heteroatoms. The van der Waals surface area contributed by atoms with Crippen molar-refractivity contribution in [3.63, 3.8) is 0 Å². The quantitative estimate of drug-likeness (QED) is 0.523. The molecule has 2 N–H and O–H groups in total. The molecular weight excluding hydrogens is 446 g/mol. The van der Waals surface area contributed by atoms with Crippen molar-refractivity contribution in [1.82, 2.24) is 25.3 Å². The van der Waals surface area contributed by atoms with Gasteiger partial charge in [0.25, 0.3) is 0 Å². The van der Waals surface area contributed by atoms with E-state index in [0.717, 1.165) is 38.1 Å². The number of nitrogens with one attached hydrogen (secondary N) is 2. The minimum atomic E-state index is -0.536. The van der Waals surface area contributed by atoms with Crippen LogP contribution in [0.2, 0.25) is 0 Å². The lowest BCUT2D eigenvalue weighted by molar-refractivity contribution is 0.0183. The molecule has 2 aromatic rings. The number of nitrogens with zero attached hydrogens (tertiary/aromatic N) is 5. The Labute approximate surface area is 206 Å². The third-order valence-electron chi connectivity index (χ3n) is 6.73. The average Bonchev–Trinajstić information content (AvgIpc) is 2.90. The van der Waals surface area contributed by atoms with Gasteiger partial charge in [-0.1, -0.05) is 0 Å². The van der Waals surface area contributed by atoms with Gasteiger partial charge in [-0.15, -0.1) is 0 Å². The molecule has 0 unspecified atom stereocenters. The zero-order valence-electron chi connectivity index (χ0n) is 20.6. The fourth-order valence-electron chi connectivity index (χ4n) is 4.68. The Morgan fingerprint density at radius 3 is 2.69 bits per heavy atom. The fraction of sp³-hybridized carbons (Fsp3) is 0.640. The average molecular weight is 482 g/mol. The summed E-state index contributed by atoms with van der Waals surface area (Å²) in [7, 11) is 1.74. The van der Waals surface area contributed by atoms with Gasteiger partial charge in [0.2, 0.25) is 5.88 Å². The van der Waals surface area contributed by atoms with Crippen LogP contribution >= 0.6 is 0 Å². The molecule has 2 fully saturated rings. The molecule has 0 amide bonds. The lowest BCUT2D eigenvalue weighted by atomic mass is 9.83. The van der Waals surface area contributed by atoms with E-state index in [1.54, 1.807) is 19.4 Å². The number of nitriles is 1. The minimum Gasteiger partial charge on any atom is -0.476 e. The molecule has 4 rings (SSSR count). The third kappa shape index (κ3) is 7.07. The van der Waals surface area contributed by atoms with E-state index in [1.165, 1.54) is 6.33 Å². The van der Waals surface area contributed by atoms with Crippen molar-refractivity contribution in [3.05, 3.63) is 24.7 Å². The summed E-state index contributed by atoms with van der Waals surface area (Å²) in [6, 6.07) is 7.24. The Morgan fingerprint density at radius 1 is 1.17 bits per heavy atom. The van der Waals surface area contributed by atoms with Crippen LogP contribution in [0.1, 0.15) is 45.4 Å². The van der Waals surface area contributed by atoms with Crippen LogP contribution in [-0.4, -0.2) is 71.6 Å². The van der Waals surface area contributed by atoms with Crippen molar-refractivity contribution in [1.29, 1.82) is 5.26 Å². The highest BCUT2D eigenvalue weighted by molar-refractivity contribution is 5.55. The van der Waals surface area contributed by atoms with Crippen LogP contribution < -0.4 is 15.4 Å². The van der Waals surface area contributed by atoms with Gasteiger partial charge in [0.05, 0.1) is 18.1 Å². The van der Waals surface area contributed by atoms with E-state index in [0.29, 0.717) is 61.6 Å². The highest BCUT2D eigenvalue weighted by atomic mass is 16.5. The van der Waals surface area contributed by atoms with Gasteiger partial charge in [0.1, 0.15) is 24.4 Å². The number of methoxy groups -OCH3 is 1. The summed E-state index contributed by atoms with van der Waals surface area (Å²) < 4.78 is 16.5. The summed E-state index contributed by atoms with van der Waals surface area (Å²) in [5.41, 5.74) is 0.0869. The van der Waals surface area contributed by atoms with Crippen molar-refractivity contribution in [2.45, 2.75) is 63.6 Å². The standard InChI is InChI=1S/C25H35N7O3/c1-18(14-33-2)30-19-3-5-20(6-4-19)31-22-13-21(28-17-29-22)24-27-10-7-23(32-24)35-16-25(15-26)8-11-34-12-9-25/h7,10,13,17-20,30H,3-6,8-9,11-12,14,16H2,1-2H3,(H,28,29,31)/t18-,19?,20?/m0/s1.